The molecule has 0 fully saturated rings. The molecule has 1 heterocycles. The highest BCUT2D eigenvalue weighted by Gasteiger charge is 2.31. The Kier molecular flexibility index (Phi) is 5.54. The normalized spacial score (nSPS) is 12.9. The van der Waals surface area contributed by atoms with E-state index in [1.54, 1.807) is 26.0 Å². The van der Waals surface area contributed by atoms with Crippen LogP contribution >= 0.6 is 11.6 Å². The molecule has 3 aromatic rings. The molecule has 0 amide bonds. The summed E-state index contributed by atoms with van der Waals surface area (Å²) in [7, 11) is 0. The monoisotopic (exact) mass is 425 g/mol. The first-order valence-electron chi connectivity index (χ1n) is 8.84. The highest BCUT2D eigenvalue weighted by atomic mass is 35.5. The van der Waals surface area contributed by atoms with E-state index in [0.29, 0.717) is 16.1 Å². The molecular weight excluding hydrogens is 407 g/mol. The number of aromatic nitrogens is 1. The van der Waals surface area contributed by atoms with Crippen LogP contribution in [0.4, 0.5) is 13.2 Å². The highest BCUT2D eigenvalue weighted by molar-refractivity contribution is 6.32. The van der Waals surface area contributed by atoms with Gasteiger partial charge < -0.3 is 14.4 Å². The van der Waals surface area contributed by atoms with Gasteiger partial charge in [-0.3, -0.25) is 4.79 Å². The second kappa shape index (κ2) is 7.63. The molecule has 154 valence electrons. The predicted molar refractivity (Wildman–Crippen MR) is 105 cm³/mol. The quantitative estimate of drug-likeness (QED) is 0.541. The number of hydrogen-bond donors (Lipinski definition) is 1. The van der Waals surface area contributed by atoms with Gasteiger partial charge in [-0.25, -0.2) is 0 Å². The summed E-state index contributed by atoms with van der Waals surface area (Å²) in [6.45, 7) is 5.48. The van der Waals surface area contributed by atoms with E-state index in [4.69, 9.17) is 11.6 Å². The first-order chi connectivity index (χ1) is 13.5. The van der Waals surface area contributed by atoms with Gasteiger partial charge in [-0.15, -0.1) is 13.2 Å². The summed E-state index contributed by atoms with van der Waals surface area (Å²) < 4.78 is 43.4. The summed E-state index contributed by atoms with van der Waals surface area (Å²) >= 11 is 6.29. The lowest BCUT2D eigenvalue weighted by atomic mass is 9.97. The van der Waals surface area contributed by atoms with E-state index >= 15 is 0 Å². The summed E-state index contributed by atoms with van der Waals surface area (Å²) in [5, 5.41) is 10.8. The maximum absolute atomic E-state index is 12.5. The molecule has 0 aliphatic heterocycles. The Balaban J connectivity index is 2.13. The van der Waals surface area contributed by atoms with E-state index in [9.17, 15) is 23.1 Å². The van der Waals surface area contributed by atoms with Gasteiger partial charge in [0.2, 0.25) is 0 Å². The van der Waals surface area contributed by atoms with Gasteiger partial charge in [-0.2, -0.15) is 0 Å². The first kappa shape index (κ1) is 21.0. The number of carboxylic acids is 1. The molecule has 1 atom stereocenters. The number of hydrogen-bond acceptors (Lipinski definition) is 2. The number of aryl methyl sites for hydroxylation is 1. The van der Waals surface area contributed by atoms with Gasteiger partial charge in [0.15, 0.2) is 0 Å². The molecule has 0 spiro atoms. The minimum atomic E-state index is -4.77. The smallest absolute Gasteiger partial charge is 0.481 e. The van der Waals surface area contributed by atoms with E-state index in [2.05, 4.69) is 4.74 Å². The molecule has 1 aromatic heterocycles. The zero-order chi connectivity index (χ0) is 21.5. The van der Waals surface area contributed by atoms with Crippen molar-refractivity contribution in [1.29, 1.82) is 0 Å². The third-order valence-electron chi connectivity index (χ3n) is 4.93. The number of nitrogens with zero attached hydrogens (tertiary/aromatic N) is 1. The van der Waals surface area contributed by atoms with Crippen LogP contribution in [0.2, 0.25) is 5.02 Å². The van der Waals surface area contributed by atoms with Crippen LogP contribution in [-0.4, -0.2) is 22.0 Å². The van der Waals surface area contributed by atoms with Crippen LogP contribution in [0.25, 0.3) is 10.9 Å². The van der Waals surface area contributed by atoms with Gasteiger partial charge in [0.1, 0.15) is 5.75 Å². The number of ether oxygens (including phenoxy) is 1. The number of rotatable bonds is 5. The maximum atomic E-state index is 12.5. The summed E-state index contributed by atoms with van der Waals surface area (Å²) in [5.41, 5.74) is 3.51. The minimum absolute atomic E-state index is 0.239. The fraction of sp³-hybridized carbons (Fsp3) is 0.286. The third kappa shape index (κ3) is 4.34. The van der Waals surface area contributed by atoms with Crippen molar-refractivity contribution in [3.05, 3.63) is 63.8 Å². The molecule has 0 aliphatic rings. The summed E-state index contributed by atoms with van der Waals surface area (Å²) in [4.78, 5) is 11.6. The summed E-state index contributed by atoms with van der Waals surface area (Å²) in [6.07, 6.45) is -4.77. The number of alkyl halides is 3. The average Bonchev–Trinajstić information content (AvgIpc) is 2.85. The van der Waals surface area contributed by atoms with Crippen molar-refractivity contribution in [2.75, 3.05) is 0 Å². The van der Waals surface area contributed by atoms with Crippen LogP contribution in [0.5, 0.6) is 5.75 Å². The molecule has 29 heavy (non-hydrogen) atoms. The van der Waals surface area contributed by atoms with Crippen LogP contribution in [0, 0.1) is 13.8 Å². The molecule has 0 aliphatic carbocycles. The van der Waals surface area contributed by atoms with Crippen LogP contribution in [0.1, 0.15) is 35.2 Å². The van der Waals surface area contributed by atoms with Gasteiger partial charge in [0.05, 0.1) is 11.4 Å². The van der Waals surface area contributed by atoms with Crippen molar-refractivity contribution in [1.82, 2.24) is 4.57 Å². The molecule has 0 bridgehead atoms. The lowest BCUT2D eigenvalue weighted by Crippen LogP contribution is -2.17. The topological polar surface area (TPSA) is 51.5 Å². The van der Waals surface area contributed by atoms with Crippen molar-refractivity contribution in [3.63, 3.8) is 0 Å². The van der Waals surface area contributed by atoms with Gasteiger partial charge >= 0.3 is 12.3 Å². The molecule has 2 aromatic carbocycles. The molecule has 4 nitrogen and oxygen atoms in total. The van der Waals surface area contributed by atoms with E-state index in [0.717, 1.165) is 22.2 Å². The Morgan fingerprint density at radius 3 is 2.55 bits per heavy atom. The molecular formula is C21H19ClF3NO3. The lowest BCUT2D eigenvalue weighted by Gasteiger charge is -2.13. The summed E-state index contributed by atoms with van der Waals surface area (Å²) in [5.74, 6) is -2.02. The number of carboxylic acid groups (broad SMARTS) is 1. The van der Waals surface area contributed by atoms with Crippen molar-refractivity contribution < 1.29 is 27.8 Å². The lowest BCUT2D eigenvalue weighted by molar-refractivity contribution is -0.274. The largest absolute Gasteiger partial charge is 0.573 e. The Morgan fingerprint density at radius 2 is 1.93 bits per heavy atom. The first-order valence-corrected chi connectivity index (χ1v) is 9.22. The third-order valence-corrected chi connectivity index (χ3v) is 5.34. The van der Waals surface area contributed by atoms with Gasteiger partial charge in [0, 0.05) is 22.6 Å². The Labute approximate surface area is 170 Å². The number of aliphatic carboxylic acids is 1. The Morgan fingerprint density at radius 1 is 1.24 bits per heavy atom. The second-order valence-electron chi connectivity index (χ2n) is 6.96. The number of benzene rings is 2. The second-order valence-corrected chi connectivity index (χ2v) is 7.37. The summed E-state index contributed by atoms with van der Waals surface area (Å²) in [6, 6.07) is 9.32. The minimum Gasteiger partial charge on any atom is -0.481 e. The molecule has 8 heteroatoms. The predicted octanol–water partition coefficient (Wildman–Crippen LogP) is 6.05. The van der Waals surface area contributed by atoms with Gasteiger partial charge in [-0.1, -0.05) is 23.7 Å². The highest BCUT2D eigenvalue weighted by Crippen LogP contribution is 2.36. The van der Waals surface area contributed by atoms with Crippen LogP contribution in [0.3, 0.4) is 0 Å². The molecule has 0 radical (unpaired) electrons. The SMILES string of the molecule is Cc1cc2c(C(C)C(=O)O)c(C)n(Cc3cccc(OC(F)(F)F)c3)c2cc1Cl. The van der Waals surface area contributed by atoms with Crippen LogP contribution in [0.15, 0.2) is 36.4 Å². The zero-order valence-corrected chi connectivity index (χ0v) is 16.7. The Hall–Kier alpha value is -2.67. The number of carbonyl (C=O) groups is 1. The van der Waals surface area contributed by atoms with Gasteiger partial charge in [0.25, 0.3) is 0 Å². The fourth-order valence-corrected chi connectivity index (χ4v) is 3.69. The zero-order valence-electron chi connectivity index (χ0n) is 16.0. The molecule has 1 N–H and O–H groups in total. The van der Waals surface area contributed by atoms with Crippen LogP contribution in [-0.2, 0) is 11.3 Å². The number of fused-ring (bicyclic) bond motifs is 1. The molecule has 1 unspecified atom stereocenters. The molecule has 0 saturated carbocycles. The van der Waals surface area contributed by atoms with Crippen LogP contribution < -0.4 is 4.74 Å². The number of halogens is 4. The standard InChI is InChI=1S/C21H19ClF3NO3/c1-11-7-16-18(9-17(11)22)26(13(3)19(16)12(2)20(27)28)10-14-5-4-6-15(8-14)29-21(23,24)25/h4-9,12H,10H2,1-3H3,(H,27,28). The molecule has 3 rings (SSSR count). The average molecular weight is 426 g/mol. The van der Waals surface area contributed by atoms with Crippen molar-refractivity contribution in [3.8, 4) is 5.75 Å². The van der Waals surface area contributed by atoms with Crippen molar-refractivity contribution in [2.24, 2.45) is 0 Å². The molecule has 0 saturated heterocycles. The van der Waals surface area contributed by atoms with Gasteiger partial charge in [-0.05, 0) is 61.7 Å². The van der Waals surface area contributed by atoms with E-state index in [-0.39, 0.29) is 12.3 Å². The maximum Gasteiger partial charge on any atom is 0.573 e. The van der Waals surface area contributed by atoms with Crippen molar-refractivity contribution >= 4 is 28.5 Å². The fourth-order valence-electron chi connectivity index (χ4n) is 3.53. The van der Waals surface area contributed by atoms with E-state index in [1.807, 2.05) is 17.6 Å². The van der Waals surface area contributed by atoms with E-state index < -0.39 is 18.2 Å². The Bertz CT molecular complexity index is 1090. The van der Waals surface area contributed by atoms with Crippen molar-refractivity contribution in [2.45, 2.75) is 39.6 Å². The van der Waals surface area contributed by atoms with E-state index in [1.165, 1.54) is 18.2 Å².